The molecule has 3 rings (SSSR count). The van der Waals surface area contributed by atoms with Gasteiger partial charge in [0.2, 0.25) is 0 Å². The van der Waals surface area contributed by atoms with E-state index in [1.54, 1.807) is 0 Å². The van der Waals surface area contributed by atoms with Crippen molar-refractivity contribution in [1.82, 2.24) is 0 Å². The first-order chi connectivity index (χ1) is 8.45. The highest BCUT2D eigenvalue weighted by atomic mass is 32.1. The molecule has 0 fully saturated rings. The van der Waals surface area contributed by atoms with Crippen molar-refractivity contribution in [3.63, 3.8) is 0 Å². The van der Waals surface area contributed by atoms with E-state index in [1.165, 1.54) is 45.0 Å². The summed E-state index contributed by atoms with van der Waals surface area (Å²) in [7, 11) is 4.33. The molecule has 0 atom stereocenters. The molecule has 0 nitrogen and oxygen atoms in total. The van der Waals surface area contributed by atoms with Crippen molar-refractivity contribution >= 4 is 23.3 Å². The number of rotatable bonds is 2. The Morgan fingerprint density at radius 2 is 1.00 bits per heavy atom. The number of hydrogen-bond acceptors (Lipinski definition) is 0. The summed E-state index contributed by atoms with van der Waals surface area (Å²) in [5, 5.41) is 2.97. The second kappa shape index (κ2) is 5.16. The van der Waals surface area contributed by atoms with Crippen LogP contribution in [0, 0.1) is 0 Å². The maximum Gasteiger partial charge on any atom is -0.0136 e. The molecule has 0 amide bonds. The molecule has 0 unspecified atom stereocenters. The van der Waals surface area contributed by atoms with E-state index in [0.717, 1.165) is 0 Å². The van der Waals surface area contributed by atoms with Gasteiger partial charge in [-0.25, -0.2) is 0 Å². The minimum absolute atomic E-state index is 1.37. The third-order valence-corrected chi connectivity index (χ3v) is 7.67. The smallest absolute Gasteiger partial charge is 0.0136 e. The maximum atomic E-state index is 2.21. The van der Waals surface area contributed by atoms with Crippen molar-refractivity contribution in [2.24, 2.45) is 0 Å². The van der Waals surface area contributed by atoms with E-state index in [9.17, 15) is 0 Å². The highest BCUT2D eigenvalue weighted by molar-refractivity contribution is 8.18. The van der Waals surface area contributed by atoms with Gasteiger partial charge in [-0.2, -0.15) is 0 Å². The van der Waals surface area contributed by atoms with E-state index in [-0.39, 0.29) is 0 Å². The second-order valence-electron chi connectivity index (χ2n) is 3.72. The molecule has 0 N–H and O–H groups in total. The van der Waals surface area contributed by atoms with Gasteiger partial charge in [-0.3, -0.25) is 15.7 Å². The molecular weight excluding hydrogens is 261 g/mol. The molecule has 0 aliphatic carbocycles. The Labute approximate surface area is 106 Å². The van der Waals surface area contributed by atoms with Crippen LogP contribution in [0.25, 0.3) is 21.7 Å². The third kappa shape index (κ3) is 2.36. The van der Waals surface area contributed by atoms with Gasteiger partial charge in [-0.15, -0.1) is 0 Å². The Morgan fingerprint density at radius 1 is 0.588 bits per heavy atom. The van der Waals surface area contributed by atoms with E-state index >= 15 is 0 Å². The Hall–Kier alpha value is -0.920. The van der Waals surface area contributed by atoms with Gasteiger partial charge in [0.1, 0.15) is 0 Å². The quantitative estimate of drug-likeness (QED) is 0.500. The molecular formula is C14H10P3-. The topological polar surface area (TPSA) is 0 Å². The molecule has 3 heteroatoms. The molecule has 2 aromatic carbocycles. The minimum Gasteiger partial charge on any atom is -0.462 e. The van der Waals surface area contributed by atoms with Crippen LogP contribution in [-0.2, 0) is 0 Å². The molecule has 0 radical (unpaired) electrons. The average Bonchev–Trinajstić information content (AvgIpc) is 2.90. The molecule has 0 saturated carbocycles. The van der Waals surface area contributed by atoms with Gasteiger partial charge in [0.15, 0.2) is 0 Å². The fraction of sp³-hybridized carbons (Fsp3) is 0. The Balaban J connectivity index is 2.13. The van der Waals surface area contributed by atoms with Crippen LogP contribution in [0.1, 0.15) is 0 Å². The van der Waals surface area contributed by atoms with E-state index < -0.39 is 0 Å². The Kier molecular flexibility index (Phi) is 3.39. The first kappa shape index (κ1) is 11.2. The van der Waals surface area contributed by atoms with Crippen LogP contribution in [0.3, 0.4) is 0 Å². The first-order valence-electron chi connectivity index (χ1n) is 5.42. The summed E-state index contributed by atoms with van der Waals surface area (Å²) in [4.78, 5) is 0. The van der Waals surface area contributed by atoms with Crippen molar-refractivity contribution < 1.29 is 0 Å². The van der Waals surface area contributed by atoms with Gasteiger partial charge >= 0.3 is 0 Å². The fourth-order valence-corrected chi connectivity index (χ4v) is 7.74. The Bertz CT molecular complexity index is 546. The predicted octanol–water partition coefficient (Wildman–Crippen LogP) is 6.48. The zero-order valence-corrected chi connectivity index (χ0v) is 11.8. The summed E-state index contributed by atoms with van der Waals surface area (Å²) in [5.41, 5.74) is 2.73. The lowest BCUT2D eigenvalue weighted by Gasteiger charge is -2.06. The van der Waals surface area contributed by atoms with Crippen LogP contribution >= 0.6 is 23.3 Å². The van der Waals surface area contributed by atoms with Gasteiger partial charge in [-0.1, -0.05) is 60.7 Å². The molecule has 0 aliphatic rings. The number of hydrogen-bond donors (Lipinski definition) is 0. The van der Waals surface area contributed by atoms with Gasteiger partial charge in [0.05, 0.1) is 0 Å². The molecule has 0 bridgehead atoms. The monoisotopic (exact) mass is 271 g/mol. The van der Waals surface area contributed by atoms with E-state index in [0.29, 0.717) is 0 Å². The van der Waals surface area contributed by atoms with Crippen molar-refractivity contribution in [3.8, 4) is 21.7 Å². The average molecular weight is 271 g/mol. The molecule has 3 aromatic rings. The third-order valence-electron chi connectivity index (χ3n) is 2.61. The second-order valence-corrected chi connectivity index (χ2v) is 8.54. The molecule has 82 valence electrons. The number of benzene rings is 2. The van der Waals surface area contributed by atoms with Gasteiger partial charge in [0.25, 0.3) is 0 Å². The van der Waals surface area contributed by atoms with Crippen LogP contribution < -0.4 is 0 Å². The SMILES string of the molecule is c1ccc(-c2p[p-]pc2-c2ccccc2)cc1. The van der Waals surface area contributed by atoms with Crippen LogP contribution in [0.4, 0.5) is 0 Å². The van der Waals surface area contributed by atoms with Crippen LogP contribution in [0.2, 0.25) is 0 Å². The van der Waals surface area contributed by atoms with Crippen molar-refractivity contribution in [1.29, 1.82) is 0 Å². The highest BCUT2D eigenvalue weighted by Crippen LogP contribution is 2.52. The van der Waals surface area contributed by atoms with Gasteiger partial charge in [-0.05, 0) is 21.7 Å². The van der Waals surface area contributed by atoms with Crippen LogP contribution in [0.5, 0.6) is 0 Å². The lowest BCUT2D eigenvalue weighted by molar-refractivity contribution is 1.68. The highest BCUT2D eigenvalue weighted by Gasteiger charge is 2.03. The molecule has 0 saturated heterocycles. The zero-order chi connectivity index (χ0) is 11.5. The molecule has 0 aliphatic heterocycles. The van der Waals surface area contributed by atoms with Crippen molar-refractivity contribution in [2.45, 2.75) is 0 Å². The standard InChI is InChI=1S/C14H10P3/c1-3-7-11(8-4-1)13-14(16-17-15-13)12-9-5-2-6-10-12/h1-10H/q-1. The lowest BCUT2D eigenvalue weighted by atomic mass is 10.1. The molecule has 17 heavy (non-hydrogen) atoms. The largest absolute Gasteiger partial charge is 0.462 e. The molecule has 1 aromatic heterocycles. The van der Waals surface area contributed by atoms with Gasteiger partial charge < -0.3 is 7.55 Å². The maximum absolute atomic E-state index is 2.21. The predicted molar refractivity (Wildman–Crippen MR) is 80.4 cm³/mol. The van der Waals surface area contributed by atoms with E-state index in [4.69, 9.17) is 0 Å². The Morgan fingerprint density at radius 3 is 1.41 bits per heavy atom. The van der Waals surface area contributed by atoms with Gasteiger partial charge in [0, 0.05) is 0 Å². The summed E-state index contributed by atoms with van der Waals surface area (Å²) in [6.45, 7) is 0. The van der Waals surface area contributed by atoms with E-state index in [1.807, 2.05) is 0 Å². The van der Waals surface area contributed by atoms with Crippen molar-refractivity contribution in [2.75, 3.05) is 0 Å². The summed E-state index contributed by atoms with van der Waals surface area (Å²) in [6, 6.07) is 21.5. The summed E-state index contributed by atoms with van der Waals surface area (Å²) >= 11 is 0. The lowest BCUT2D eigenvalue weighted by Crippen LogP contribution is -1.75. The minimum atomic E-state index is 1.37. The zero-order valence-electron chi connectivity index (χ0n) is 9.12. The van der Waals surface area contributed by atoms with E-state index in [2.05, 4.69) is 60.7 Å². The first-order valence-corrected chi connectivity index (χ1v) is 9.51. The van der Waals surface area contributed by atoms with Crippen molar-refractivity contribution in [3.05, 3.63) is 60.7 Å². The normalized spacial score (nSPS) is 11.8. The summed E-state index contributed by atoms with van der Waals surface area (Å²) in [5.74, 6) is 0. The van der Waals surface area contributed by atoms with Crippen LogP contribution in [0.15, 0.2) is 60.7 Å². The molecule has 0 spiro atoms. The fourth-order valence-electron chi connectivity index (χ4n) is 1.79. The summed E-state index contributed by atoms with van der Waals surface area (Å²) < 4.78 is 0. The van der Waals surface area contributed by atoms with Crippen LogP contribution in [-0.4, -0.2) is 0 Å². The molecule has 1 heterocycles. The summed E-state index contributed by atoms with van der Waals surface area (Å²) in [6.07, 6.45) is 0.